The summed E-state index contributed by atoms with van der Waals surface area (Å²) < 4.78 is 5.45. The van der Waals surface area contributed by atoms with Crippen LogP contribution in [0.5, 0.6) is 0 Å². The molecule has 162 valence electrons. The van der Waals surface area contributed by atoms with Crippen LogP contribution in [0.3, 0.4) is 0 Å². The molecule has 2 fully saturated rings. The van der Waals surface area contributed by atoms with E-state index in [2.05, 4.69) is 72.4 Å². The van der Waals surface area contributed by atoms with Gasteiger partial charge in [0.25, 0.3) is 0 Å². The van der Waals surface area contributed by atoms with E-state index in [1.807, 2.05) is 0 Å². The molecule has 2 atom stereocenters. The third-order valence-corrected chi connectivity index (χ3v) is 5.96. The summed E-state index contributed by atoms with van der Waals surface area (Å²) in [5, 5.41) is 7.10. The quantitative estimate of drug-likeness (QED) is 0.542. The molecule has 29 heavy (non-hydrogen) atoms. The normalized spacial score (nSPS) is 24.2. The maximum Gasteiger partial charge on any atom is 0.191 e. The van der Waals surface area contributed by atoms with E-state index >= 15 is 0 Å². The number of nitrogens with zero attached hydrogens (tertiary/aromatic N) is 3. The van der Waals surface area contributed by atoms with Crippen LogP contribution in [0, 0.1) is 5.92 Å². The van der Waals surface area contributed by atoms with Crippen LogP contribution in [0.4, 0.5) is 0 Å². The maximum atomic E-state index is 5.45. The Balaban J connectivity index is 1.59. The van der Waals surface area contributed by atoms with Gasteiger partial charge in [-0.3, -0.25) is 9.80 Å². The zero-order valence-corrected chi connectivity index (χ0v) is 18.7. The topological polar surface area (TPSA) is 52.1 Å². The lowest BCUT2D eigenvalue weighted by atomic mass is 10.1. The summed E-state index contributed by atoms with van der Waals surface area (Å²) in [6, 6.07) is 9.88. The number of likely N-dealkylation sites (tertiary alicyclic amines) is 1. The van der Waals surface area contributed by atoms with E-state index in [4.69, 9.17) is 9.73 Å². The van der Waals surface area contributed by atoms with E-state index in [-0.39, 0.29) is 0 Å². The van der Waals surface area contributed by atoms with Crippen LogP contribution >= 0.6 is 0 Å². The first kappa shape index (κ1) is 22.1. The predicted molar refractivity (Wildman–Crippen MR) is 120 cm³/mol. The highest BCUT2D eigenvalue weighted by atomic mass is 16.5. The van der Waals surface area contributed by atoms with Crippen LogP contribution in [0.2, 0.25) is 0 Å². The Morgan fingerprint density at radius 3 is 2.66 bits per heavy atom. The minimum atomic E-state index is 0.447. The minimum Gasteiger partial charge on any atom is -0.379 e. The molecule has 0 amide bonds. The first-order valence-electron chi connectivity index (χ1n) is 11.2. The highest BCUT2D eigenvalue weighted by molar-refractivity contribution is 5.80. The molecule has 6 nitrogen and oxygen atoms in total. The highest BCUT2D eigenvalue weighted by Gasteiger charge is 2.31. The largest absolute Gasteiger partial charge is 0.379 e. The van der Waals surface area contributed by atoms with Crippen LogP contribution in [0.1, 0.15) is 38.8 Å². The summed E-state index contributed by atoms with van der Waals surface area (Å²) in [6.45, 7) is 17.5. The Kier molecular flexibility index (Phi) is 8.33. The van der Waals surface area contributed by atoms with Gasteiger partial charge in [0.2, 0.25) is 0 Å². The van der Waals surface area contributed by atoms with Gasteiger partial charge in [0, 0.05) is 51.4 Å². The van der Waals surface area contributed by atoms with Crippen molar-refractivity contribution in [1.29, 1.82) is 0 Å². The van der Waals surface area contributed by atoms with Crippen molar-refractivity contribution in [3.05, 3.63) is 35.4 Å². The predicted octanol–water partition coefficient (Wildman–Crippen LogP) is 2.30. The van der Waals surface area contributed by atoms with Gasteiger partial charge in [-0.1, -0.05) is 31.2 Å². The Hall–Kier alpha value is -1.63. The first-order valence-corrected chi connectivity index (χ1v) is 11.2. The Bertz CT molecular complexity index is 656. The van der Waals surface area contributed by atoms with Crippen LogP contribution < -0.4 is 10.6 Å². The molecular formula is C23H39N5O. The fourth-order valence-electron chi connectivity index (χ4n) is 4.12. The van der Waals surface area contributed by atoms with Gasteiger partial charge >= 0.3 is 0 Å². The number of morpholine rings is 1. The Morgan fingerprint density at radius 1 is 1.21 bits per heavy atom. The fraction of sp³-hybridized carbons (Fsp3) is 0.696. The van der Waals surface area contributed by atoms with E-state index in [9.17, 15) is 0 Å². The average Bonchev–Trinajstić information content (AvgIpc) is 3.08. The highest BCUT2D eigenvalue weighted by Crippen LogP contribution is 2.18. The number of benzene rings is 1. The van der Waals surface area contributed by atoms with Crippen LogP contribution in [-0.2, 0) is 17.8 Å². The van der Waals surface area contributed by atoms with Crippen molar-refractivity contribution in [3.8, 4) is 0 Å². The van der Waals surface area contributed by atoms with Crippen molar-refractivity contribution in [2.45, 2.75) is 52.9 Å². The molecule has 0 spiro atoms. The van der Waals surface area contributed by atoms with Crippen molar-refractivity contribution in [3.63, 3.8) is 0 Å². The lowest BCUT2D eigenvalue weighted by Gasteiger charge is -2.26. The lowest BCUT2D eigenvalue weighted by Crippen LogP contribution is -2.46. The van der Waals surface area contributed by atoms with E-state index in [0.29, 0.717) is 24.5 Å². The third-order valence-electron chi connectivity index (χ3n) is 5.96. The molecule has 0 radical (unpaired) electrons. The number of hydrogen-bond donors (Lipinski definition) is 2. The van der Waals surface area contributed by atoms with Gasteiger partial charge in [0.1, 0.15) is 0 Å². The van der Waals surface area contributed by atoms with Gasteiger partial charge < -0.3 is 15.4 Å². The molecule has 1 aromatic rings. The Labute approximate surface area is 176 Å². The molecule has 3 rings (SSSR count). The number of aliphatic imine (C=N–C) groups is 1. The van der Waals surface area contributed by atoms with Crippen LogP contribution in [0.25, 0.3) is 0 Å². The molecule has 2 saturated heterocycles. The third kappa shape index (κ3) is 6.69. The smallest absolute Gasteiger partial charge is 0.191 e. The summed E-state index contributed by atoms with van der Waals surface area (Å²) in [4.78, 5) is 9.88. The molecule has 2 aliphatic heterocycles. The van der Waals surface area contributed by atoms with E-state index in [1.165, 1.54) is 11.1 Å². The first-order chi connectivity index (χ1) is 14.0. The second-order valence-corrected chi connectivity index (χ2v) is 8.68. The fourth-order valence-corrected chi connectivity index (χ4v) is 4.12. The molecule has 2 heterocycles. The summed E-state index contributed by atoms with van der Waals surface area (Å²) >= 11 is 0. The summed E-state index contributed by atoms with van der Waals surface area (Å²) in [5.74, 6) is 1.55. The number of rotatable bonds is 7. The van der Waals surface area contributed by atoms with Gasteiger partial charge in [-0.2, -0.15) is 0 Å². The average molecular weight is 402 g/mol. The van der Waals surface area contributed by atoms with Gasteiger partial charge in [-0.25, -0.2) is 4.99 Å². The zero-order valence-electron chi connectivity index (χ0n) is 18.7. The number of nitrogens with one attached hydrogen (secondary N) is 2. The van der Waals surface area contributed by atoms with Crippen LogP contribution in [0.15, 0.2) is 29.3 Å². The molecular weight excluding hydrogens is 362 g/mol. The molecule has 0 bridgehead atoms. The summed E-state index contributed by atoms with van der Waals surface area (Å²) in [7, 11) is 0. The van der Waals surface area contributed by atoms with Crippen LogP contribution in [-0.4, -0.2) is 73.8 Å². The number of hydrogen-bond acceptors (Lipinski definition) is 4. The van der Waals surface area contributed by atoms with Gasteiger partial charge in [-0.05, 0) is 37.8 Å². The Morgan fingerprint density at radius 2 is 1.97 bits per heavy atom. The van der Waals surface area contributed by atoms with E-state index < -0.39 is 0 Å². The standard InChI is InChI=1S/C23H39N5O/c1-5-24-23(26-22-17-28(18(2)3)15-19(22)4)25-14-20-7-6-8-21(13-20)16-27-9-11-29-12-10-27/h6-8,13,18-19,22H,5,9-12,14-17H2,1-4H3,(H2,24,25,26). The molecule has 6 heteroatoms. The van der Waals surface area contributed by atoms with E-state index in [0.717, 1.165) is 58.4 Å². The second-order valence-electron chi connectivity index (χ2n) is 8.68. The molecule has 2 N–H and O–H groups in total. The molecule has 1 aromatic carbocycles. The van der Waals surface area contributed by atoms with Gasteiger partial charge in [0.15, 0.2) is 5.96 Å². The van der Waals surface area contributed by atoms with Crippen molar-refractivity contribution < 1.29 is 4.74 Å². The van der Waals surface area contributed by atoms with Gasteiger partial charge in [-0.15, -0.1) is 0 Å². The second kappa shape index (κ2) is 11.0. The summed E-state index contributed by atoms with van der Waals surface area (Å²) in [5.41, 5.74) is 2.62. The minimum absolute atomic E-state index is 0.447. The maximum absolute atomic E-state index is 5.45. The van der Waals surface area contributed by atoms with Crippen molar-refractivity contribution in [2.24, 2.45) is 10.9 Å². The van der Waals surface area contributed by atoms with Crippen molar-refractivity contribution in [1.82, 2.24) is 20.4 Å². The lowest BCUT2D eigenvalue weighted by molar-refractivity contribution is 0.0342. The summed E-state index contributed by atoms with van der Waals surface area (Å²) in [6.07, 6.45) is 0. The van der Waals surface area contributed by atoms with Crippen molar-refractivity contribution in [2.75, 3.05) is 45.9 Å². The molecule has 0 aromatic heterocycles. The molecule has 0 aliphatic carbocycles. The molecule has 0 saturated carbocycles. The number of ether oxygens (including phenoxy) is 1. The molecule has 2 unspecified atom stereocenters. The SMILES string of the molecule is CCNC(=NCc1cccc(CN2CCOCC2)c1)NC1CN(C(C)C)CC1C. The van der Waals surface area contributed by atoms with Crippen molar-refractivity contribution >= 4 is 5.96 Å². The van der Waals surface area contributed by atoms with Gasteiger partial charge in [0.05, 0.1) is 19.8 Å². The van der Waals surface area contributed by atoms with E-state index in [1.54, 1.807) is 0 Å². The number of guanidine groups is 1. The zero-order chi connectivity index (χ0) is 20.6. The molecule has 2 aliphatic rings. The monoisotopic (exact) mass is 401 g/mol.